The first-order chi connectivity index (χ1) is 10.2. The largest absolute Gasteiger partial charge is 0.330 e. The maximum Gasteiger partial charge on any atom is 0.261 e. The van der Waals surface area contributed by atoms with Gasteiger partial charge >= 0.3 is 0 Å². The number of para-hydroxylation sites is 1. The number of imidazole rings is 1. The Morgan fingerprint density at radius 1 is 1.29 bits per heavy atom. The van der Waals surface area contributed by atoms with Crippen molar-refractivity contribution in [1.29, 1.82) is 0 Å². The molecule has 5 nitrogen and oxygen atoms in total. The van der Waals surface area contributed by atoms with Crippen LogP contribution >= 0.6 is 0 Å². The average molecular weight is 284 g/mol. The Labute approximate surface area is 119 Å². The molecule has 6 heteroatoms. The third kappa shape index (κ3) is 2.03. The standard InChI is InChI=1S/C15H13FN4O/c16-13-3-1-2-12-14(13)18-9-19(15(12)21)7-11-6-17-8-20(11)10-4-5-10/h1-3,6,8-10H,4-5,7H2. The summed E-state index contributed by atoms with van der Waals surface area (Å²) in [7, 11) is 0. The zero-order valence-corrected chi connectivity index (χ0v) is 11.2. The Kier molecular flexibility index (Phi) is 2.63. The smallest absolute Gasteiger partial charge is 0.261 e. The Balaban J connectivity index is 1.78. The summed E-state index contributed by atoms with van der Waals surface area (Å²) < 4.78 is 17.2. The highest BCUT2D eigenvalue weighted by Crippen LogP contribution is 2.35. The summed E-state index contributed by atoms with van der Waals surface area (Å²) >= 11 is 0. The number of aromatic nitrogens is 4. The van der Waals surface area contributed by atoms with Gasteiger partial charge in [0.15, 0.2) is 0 Å². The van der Waals surface area contributed by atoms with Crippen LogP contribution in [0.4, 0.5) is 4.39 Å². The zero-order valence-electron chi connectivity index (χ0n) is 11.2. The molecule has 0 radical (unpaired) electrons. The van der Waals surface area contributed by atoms with Crippen molar-refractivity contribution in [1.82, 2.24) is 19.1 Å². The molecule has 3 aromatic rings. The van der Waals surface area contributed by atoms with Crippen molar-refractivity contribution in [3.63, 3.8) is 0 Å². The van der Waals surface area contributed by atoms with Gasteiger partial charge in [-0.25, -0.2) is 14.4 Å². The third-order valence-electron chi connectivity index (χ3n) is 3.82. The maximum absolute atomic E-state index is 13.6. The van der Waals surface area contributed by atoms with E-state index in [0.29, 0.717) is 18.0 Å². The predicted molar refractivity (Wildman–Crippen MR) is 75.6 cm³/mol. The van der Waals surface area contributed by atoms with Crippen LogP contribution in [0.25, 0.3) is 10.9 Å². The predicted octanol–water partition coefficient (Wildman–Crippen LogP) is 2.12. The summed E-state index contributed by atoms with van der Waals surface area (Å²) in [6.45, 7) is 0.398. The number of nitrogens with zero attached hydrogens (tertiary/aromatic N) is 4. The van der Waals surface area contributed by atoms with E-state index in [1.165, 1.54) is 23.0 Å². The summed E-state index contributed by atoms with van der Waals surface area (Å²) in [4.78, 5) is 20.7. The van der Waals surface area contributed by atoms with Gasteiger partial charge in [0.05, 0.1) is 30.3 Å². The summed E-state index contributed by atoms with van der Waals surface area (Å²) in [6, 6.07) is 4.94. The molecule has 0 atom stereocenters. The van der Waals surface area contributed by atoms with E-state index in [4.69, 9.17) is 0 Å². The van der Waals surface area contributed by atoms with Gasteiger partial charge in [0.1, 0.15) is 11.3 Å². The van der Waals surface area contributed by atoms with Crippen LogP contribution in [0.1, 0.15) is 24.6 Å². The number of benzene rings is 1. The minimum Gasteiger partial charge on any atom is -0.330 e. The molecule has 1 aliphatic rings. The first-order valence-electron chi connectivity index (χ1n) is 6.88. The maximum atomic E-state index is 13.6. The second-order valence-corrected chi connectivity index (χ2v) is 5.34. The SMILES string of the molecule is O=c1c2cccc(F)c2ncn1Cc1cncn1C1CC1. The van der Waals surface area contributed by atoms with Crippen LogP contribution in [0.2, 0.25) is 0 Å². The fourth-order valence-corrected chi connectivity index (χ4v) is 2.58. The lowest BCUT2D eigenvalue weighted by Crippen LogP contribution is -2.22. The fourth-order valence-electron chi connectivity index (χ4n) is 2.58. The molecule has 0 amide bonds. The van der Waals surface area contributed by atoms with Crippen molar-refractivity contribution < 1.29 is 4.39 Å². The van der Waals surface area contributed by atoms with Crippen molar-refractivity contribution in [2.75, 3.05) is 0 Å². The minimum atomic E-state index is -0.472. The number of fused-ring (bicyclic) bond motifs is 1. The summed E-state index contributed by atoms with van der Waals surface area (Å²) in [5, 5.41) is 0.301. The van der Waals surface area contributed by atoms with Crippen molar-refractivity contribution in [3.8, 4) is 0 Å². The van der Waals surface area contributed by atoms with Crippen LogP contribution in [-0.2, 0) is 6.54 Å². The highest BCUT2D eigenvalue weighted by molar-refractivity contribution is 5.77. The first kappa shape index (κ1) is 12.3. The molecule has 2 aromatic heterocycles. The highest BCUT2D eigenvalue weighted by atomic mass is 19.1. The van der Waals surface area contributed by atoms with Gasteiger partial charge in [-0.3, -0.25) is 9.36 Å². The van der Waals surface area contributed by atoms with Gasteiger partial charge in [-0.15, -0.1) is 0 Å². The van der Waals surface area contributed by atoms with Crippen molar-refractivity contribution in [2.24, 2.45) is 0 Å². The molecule has 21 heavy (non-hydrogen) atoms. The zero-order chi connectivity index (χ0) is 14.4. The van der Waals surface area contributed by atoms with Crippen LogP contribution in [0.5, 0.6) is 0 Å². The quantitative estimate of drug-likeness (QED) is 0.740. The topological polar surface area (TPSA) is 52.7 Å². The summed E-state index contributed by atoms with van der Waals surface area (Å²) in [5.41, 5.74) is 0.856. The monoisotopic (exact) mass is 284 g/mol. The molecule has 0 unspecified atom stereocenters. The second-order valence-electron chi connectivity index (χ2n) is 5.34. The van der Waals surface area contributed by atoms with E-state index in [0.717, 1.165) is 18.5 Å². The van der Waals surface area contributed by atoms with Crippen LogP contribution in [0, 0.1) is 5.82 Å². The average Bonchev–Trinajstić information content (AvgIpc) is 3.23. The van der Waals surface area contributed by atoms with E-state index in [1.54, 1.807) is 18.6 Å². The lowest BCUT2D eigenvalue weighted by Gasteiger charge is -2.09. The molecule has 2 heterocycles. The molecule has 0 aliphatic heterocycles. The molecule has 1 saturated carbocycles. The van der Waals surface area contributed by atoms with E-state index >= 15 is 0 Å². The third-order valence-corrected chi connectivity index (χ3v) is 3.82. The van der Waals surface area contributed by atoms with E-state index in [1.807, 2.05) is 0 Å². The molecule has 0 saturated heterocycles. The van der Waals surface area contributed by atoms with Gasteiger partial charge in [-0.2, -0.15) is 0 Å². The van der Waals surface area contributed by atoms with Crippen molar-refractivity contribution in [3.05, 3.63) is 58.9 Å². The molecule has 1 fully saturated rings. The van der Waals surface area contributed by atoms with E-state index < -0.39 is 5.82 Å². The summed E-state index contributed by atoms with van der Waals surface area (Å²) in [5.74, 6) is -0.472. The van der Waals surface area contributed by atoms with Crippen LogP contribution in [-0.4, -0.2) is 19.1 Å². The van der Waals surface area contributed by atoms with E-state index in [-0.39, 0.29) is 11.1 Å². The number of rotatable bonds is 3. The van der Waals surface area contributed by atoms with Gasteiger partial charge in [0.2, 0.25) is 0 Å². The van der Waals surface area contributed by atoms with Crippen LogP contribution in [0.15, 0.2) is 41.8 Å². The molecule has 0 spiro atoms. The highest BCUT2D eigenvalue weighted by Gasteiger charge is 2.25. The molecular formula is C15H13FN4O. The van der Waals surface area contributed by atoms with Gasteiger partial charge < -0.3 is 4.57 Å². The molecule has 106 valence electrons. The molecule has 1 aliphatic carbocycles. The summed E-state index contributed by atoms with van der Waals surface area (Å²) in [6.07, 6.45) is 7.27. The number of hydrogen-bond donors (Lipinski definition) is 0. The Morgan fingerprint density at radius 2 is 2.14 bits per heavy atom. The Bertz CT molecular complexity index is 879. The minimum absolute atomic E-state index is 0.120. The van der Waals surface area contributed by atoms with Gasteiger partial charge in [0.25, 0.3) is 5.56 Å². The van der Waals surface area contributed by atoms with Crippen LogP contribution in [0.3, 0.4) is 0 Å². The number of halogens is 1. The van der Waals surface area contributed by atoms with Crippen molar-refractivity contribution in [2.45, 2.75) is 25.4 Å². The Hall–Kier alpha value is -2.50. The Morgan fingerprint density at radius 3 is 2.95 bits per heavy atom. The second kappa shape index (κ2) is 4.51. The van der Waals surface area contributed by atoms with Crippen LogP contribution < -0.4 is 5.56 Å². The molecule has 0 bridgehead atoms. The molecule has 0 N–H and O–H groups in total. The number of hydrogen-bond acceptors (Lipinski definition) is 3. The molecule has 1 aromatic carbocycles. The molecular weight excluding hydrogens is 271 g/mol. The lowest BCUT2D eigenvalue weighted by atomic mass is 10.2. The van der Waals surface area contributed by atoms with Crippen molar-refractivity contribution >= 4 is 10.9 Å². The lowest BCUT2D eigenvalue weighted by molar-refractivity contribution is 0.627. The molecule has 4 rings (SSSR count). The van der Waals surface area contributed by atoms with Gasteiger partial charge in [0, 0.05) is 12.2 Å². The first-order valence-corrected chi connectivity index (χ1v) is 6.88. The van der Waals surface area contributed by atoms with Gasteiger partial charge in [-0.05, 0) is 25.0 Å². The normalized spacial score (nSPS) is 14.7. The van der Waals surface area contributed by atoms with E-state index in [9.17, 15) is 9.18 Å². The fraction of sp³-hybridized carbons (Fsp3) is 0.267. The van der Waals surface area contributed by atoms with E-state index in [2.05, 4.69) is 14.5 Å². The van der Waals surface area contributed by atoms with Gasteiger partial charge in [-0.1, -0.05) is 6.07 Å².